The largest absolute Gasteiger partial charge is 0.481 e. The number of rotatable bonds is 5. The van der Waals surface area contributed by atoms with Gasteiger partial charge in [-0.25, -0.2) is 4.79 Å². The minimum absolute atomic E-state index is 0.225. The van der Waals surface area contributed by atoms with Gasteiger partial charge in [0.15, 0.2) is 10.9 Å². The Morgan fingerprint density at radius 1 is 1.36 bits per heavy atom. The molecule has 28 heavy (non-hydrogen) atoms. The Morgan fingerprint density at radius 3 is 2.61 bits per heavy atom. The van der Waals surface area contributed by atoms with Gasteiger partial charge in [0.1, 0.15) is 11.6 Å². The van der Waals surface area contributed by atoms with Crippen LogP contribution in [0.15, 0.2) is 9.68 Å². The molecular formula is C17H25N5O5S. The summed E-state index contributed by atoms with van der Waals surface area (Å²) in [6.07, 6.45) is 2.15. The van der Waals surface area contributed by atoms with E-state index in [1.165, 1.54) is 18.9 Å². The van der Waals surface area contributed by atoms with Crippen LogP contribution in [0.5, 0.6) is 0 Å². The van der Waals surface area contributed by atoms with Crippen molar-refractivity contribution in [2.45, 2.75) is 43.5 Å². The highest BCUT2D eigenvalue weighted by Gasteiger charge is 2.24. The maximum atomic E-state index is 11.7. The van der Waals surface area contributed by atoms with Crippen LogP contribution in [0.2, 0.25) is 0 Å². The first-order valence-electron chi connectivity index (χ1n) is 8.80. The molecule has 1 aliphatic heterocycles. The lowest BCUT2D eigenvalue weighted by atomic mass is 9.97. The number of nitrogens with one attached hydrogen (secondary N) is 1. The topological polar surface area (TPSA) is 132 Å². The molecule has 10 nitrogen and oxygen atoms in total. The van der Waals surface area contributed by atoms with E-state index in [-0.39, 0.29) is 5.69 Å². The third-order valence-electron chi connectivity index (χ3n) is 4.28. The second-order valence-electron chi connectivity index (χ2n) is 6.29. The molecule has 0 aliphatic carbocycles. The number of thioether (sulfide) groups is 1. The molecule has 3 heterocycles. The molecule has 0 saturated carbocycles. The van der Waals surface area contributed by atoms with Crippen LogP contribution in [0.1, 0.15) is 53.3 Å². The molecule has 2 N–H and O–H groups in total. The minimum atomic E-state index is -0.833. The first-order valence-corrected chi connectivity index (χ1v) is 9.79. The summed E-state index contributed by atoms with van der Waals surface area (Å²) in [5.41, 5.74) is 0.960. The molecular weight excluding hydrogens is 386 g/mol. The normalized spacial score (nSPS) is 14.3. The summed E-state index contributed by atoms with van der Waals surface area (Å²) in [5, 5.41) is 24.1. The first kappa shape index (κ1) is 21.9. The molecule has 0 radical (unpaired) electrons. The van der Waals surface area contributed by atoms with E-state index >= 15 is 0 Å². The van der Waals surface area contributed by atoms with Crippen molar-refractivity contribution < 1.29 is 24.0 Å². The lowest BCUT2D eigenvalue weighted by Crippen LogP contribution is -2.27. The van der Waals surface area contributed by atoms with E-state index in [0.717, 1.165) is 49.4 Å². The standard InChI is InChI=1S/C15H21N5O3S.C2H4O2/c1-9-11(12(19-23-9)14(21)22-3)8-24-15-18-17-13(20(15)2)10-4-6-16-7-5-10;1-2(3)4/h10,16H,4-8H2,1-3H3;1H3,(H,3,4). The highest BCUT2D eigenvalue weighted by atomic mass is 32.2. The fourth-order valence-electron chi connectivity index (χ4n) is 2.84. The van der Waals surface area contributed by atoms with E-state index in [0.29, 0.717) is 17.4 Å². The van der Waals surface area contributed by atoms with E-state index in [1.54, 1.807) is 6.92 Å². The molecule has 3 rings (SSSR count). The molecule has 11 heteroatoms. The average Bonchev–Trinajstić information content (AvgIpc) is 3.22. The monoisotopic (exact) mass is 411 g/mol. The highest BCUT2D eigenvalue weighted by Crippen LogP contribution is 2.29. The number of carboxylic acid groups (broad SMARTS) is 1. The summed E-state index contributed by atoms with van der Waals surface area (Å²) in [4.78, 5) is 20.7. The quantitative estimate of drug-likeness (QED) is 0.554. The Balaban J connectivity index is 0.000000640. The second-order valence-corrected chi connectivity index (χ2v) is 7.23. The Bertz CT molecular complexity index is 809. The summed E-state index contributed by atoms with van der Waals surface area (Å²) in [7, 11) is 3.32. The number of hydrogen-bond donors (Lipinski definition) is 2. The third kappa shape index (κ3) is 5.55. The van der Waals surface area contributed by atoms with Gasteiger partial charge in [0.25, 0.3) is 5.97 Å². The predicted octanol–water partition coefficient (Wildman–Crippen LogP) is 1.75. The van der Waals surface area contributed by atoms with Gasteiger partial charge in [-0.2, -0.15) is 0 Å². The van der Waals surface area contributed by atoms with Gasteiger partial charge in [-0.1, -0.05) is 16.9 Å². The van der Waals surface area contributed by atoms with Crippen molar-refractivity contribution in [3.63, 3.8) is 0 Å². The summed E-state index contributed by atoms with van der Waals surface area (Å²) >= 11 is 1.51. The fourth-order valence-corrected chi connectivity index (χ4v) is 3.84. The van der Waals surface area contributed by atoms with Crippen LogP contribution in [0.3, 0.4) is 0 Å². The minimum Gasteiger partial charge on any atom is -0.481 e. The van der Waals surface area contributed by atoms with Gasteiger partial charge in [0, 0.05) is 31.2 Å². The van der Waals surface area contributed by atoms with Crippen molar-refractivity contribution in [2.75, 3.05) is 20.2 Å². The Morgan fingerprint density at radius 2 is 2.00 bits per heavy atom. The second kappa shape index (κ2) is 10.2. The van der Waals surface area contributed by atoms with E-state index in [1.807, 2.05) is 11.6 Å². The SMILES string of the molecule is CC(=O)O.COC(=O)c1noc(C)c1CSc1nnc(C2CCNCC2)n1C. The van der Waals surface area contributed by atoms with Gasteiger partial charge in [-0.15, -0.1) is 10.2 Å². The molecule has 1 aliphatic rings. The van der Waals surface area contributed by atoms with Gasteiger partial charge in [-0.3, -0.25) is 4.79 Å². The van der Waals surface area contributed by atoms with Gasteiger partial charge in [0.05, 0.1) is 7.11 Å². The zero-order valence-corrected chi connectivity index (χ0v) is 17.2. The molecule has 0 amide bonds. The van der Waals surface area contributed by atoms with Crippen molar-refractivity contribution >= 4 is 23.7 Å². The summed E-state index contributed by atoms with van der Waals surface area (Å²) < 4.78 is 11.9. The number of methoxy groups -OCH3 is 1. The Labute approximate surface area is 167 Å². The van der Waals surface area contributed by atoms with Crippen molar-refractivity contribution in [3.05, 3.63) is 22.8 Å². The maximum absolute atomic E-state index is 11.7. The maximum Gasteiger partial charge on any atom is 0.360 e. The molecule has 0 aromatic carbocycles. The van der Waals surface area contributed by atoms with E-state index < -0.39 is 11.9 Å². The number of carbonyl (C=O) groups is 2. The summed E-state index contributed by atoms with van der Waals surface area (Å²) in [5.74, 6) is 1.28. The number of ether oxygens (including phenoxy) is 1. The molecule has 0 unspecified atom stereocenters. The number of aliphatic carboxylic acids is 1. The molecule has 2 aromatic rings. The zero-order chi connectivity index (χ0) is 20.7. The number of hydrogen-bond acceptors (Lipinski definition) is 9. The summed E-state index contributed by atoms with van der Waals surface area (Å²) in [6, 6.07) is 0. The first-order chi connectivity index (χ1) is 13.3. The number of esters is 1. The van der Waals surface area contributed by atoms with Crippen LogP contribution in [0.4, 0.5) is 0 Å². The lowest BCUT2D eigenvalue weighted by molar-refractivity contribution is -0.134. The van der Waals surface area contributed by atoms with Gasteiger partial charge in [-0.05, 0) is 32.9 Å². The lowest BCUT2D eigenvalue weighted by Gasteiger charge is -2.21. The number of carboxylic acids is 1. The van der Waals surface area contributed by atoms with E-state index in [2.05, 4.69) is 20.7 Å². The van der Waals surface area contributed by atoms with Gasteiger partial charge >= 0.3 is 5.97 Å². The number of piperidine rings is 1. The zero-order valence-electron chi connectivity index (χ0n) is 16.4. The molecule has 0 atom stereocenters. The van der Waals surface area contributed by atoms with Crippen LogP contribution < -0.4 is 5.32 Å². The molecule has 2 aromatic heterocycles. The van der Waals surface area contributed by atoms with Crippen LogP contribution in [0, 0.1) is 6.92 Å². The van der Waals surface area contributed by atoms with Crippen LogP contribution >= 0.6 is 11.8 Å². The van der Waals surface area contributed by atoms with Gasteiger partial charge in [0.2, 0.25) is 0 Å². The fraction of sp³-hybridized carbons (Fsp3) is 0.588. The molecule has 0 bridgehead atoms. The molecule has 0 spiro atoms. The van der Waals surface area contributed by atoms with E-state index in [4.69, 9.17) is 19.2 Å². The van der Waals surface area contributed by atoms with Crippen molar-refractivity contribution in [2.24, 2.45) is 7.05 Å². The van der Waals surface area contributed by atoms with Crippen LogP contribution in [-0.4, -0.2) is 57.2 Å². The number of aromatic nitrogens is 4. The van der Waals surface area contributed by atoms with Crippen molar-refractivity contribution in [1.29, 1.82) is 0 Å². The Kier molecular flexibility index (Phi) is 8.00. The van der Waals surface area contributed by atoms with Gasteiger partial charge < -0.3 is 24.3 Å². The molecule has 1 saturated heterocycles. The van der Waals surface area contributed by atoms with Crippen molar-refractivity contribution in [1.82, 2.24) is 25.2 Å². The molecule has 154 valence electrons. The third-order valence-corrected chi connectivity index (χ3v) is 5.33. The predicted molar refractivity (Wildman–Crippen MR) is 101 cm³/mol. The highest BCUT2D eigenvalue weighted by molar-refractivity contribution is 7.98. The summed E-state index contributed by atoms with van der Waals surface area (Å²) in [6.45, 7) is 4.90. The number of aryl methyl sites for hydroxylation is 1. The number of carbonyl (C=O) groups excluding carboxylic acids is 1. The van der Waals surface area contributed by atoms with Crippen molar-refractivity contribution in [3.8, 4) is 0 Å². The van der Waals surface area contributed by atoms with E-state index in [9.17, 15) is 4.79 Å². The number of nitrogens with zero attached hydrogens (tertiary/aromatic N) is 4. The smallest absolute Gasteiger partial charge is 0.360 e. The Hall–Kier alpha value is -2.40. The average molecular weight is 411 g/mol. The molecule has 1 fully saturated rings. The van der Waals surface area contributed by atoms with Crippen LogP contribution in [0.25, 0.3) is 0 Å². The van der Waals surface area contributed by atoms with Crippen LogP contribution in [-0.2, 0) is 22.3 Å².